The number of carbonyl (C=O) groups excluding carboxylic acids is 1. The van der Waals surface area contributed by atoms with E-state index in [-0.39, 0.29) is 12.7 Å². The van der Waals surface area contributed by atoms with E-state index in [0.717, 1.165) is 23.0 Å². The highest BCUT2D eigenvalue weighted by atomic mass is 32.2. The normalized spacial score (nSPS) is 15.6. The number of amides is 1. The summed E-state index contributed by atoms with van der Waals surface area (Å²) in [4.78, 5) is 23.3. The first-order chi connectivity index (χ1) is 17.2. The first-order valence-electron chi connectivity index (χ1n) is 11.6. The van der Waals surface area contributed by atoms with Crippen LogP contribution >= 0.6 is 0 Å². The summed E-state index contributed by atoms with van der Waals surface area (Å²) in [6.07, 6.45) is 2.40. The van der Waals surface area contributed by atoms with Crippen LogP contribution in [0.4, 0.5) is 16.3 Å². The highest BCUT2D eigenvalue weighted by Gasteiger charge is 2.28. The number of hydrogen-bond acceptors (Lipinski definition) is 8. The molecule has 1 aliphatic rings. The topological polar surface area (TPSA) is 111 Å². The average Bonchev–Trinajstić information content (AvgIpc) is 3.29. The van der Waals surface area contributed by atoms with Gasteiger partial charge < -0.3 is 9.64 Å². The van der Waals surface area contributed by atoms with Crippen LogP contribution in [0, 0.1) is 11.8 Å². The maximum Gasteiger partial charge on any atom is 0.411 e. The number of hydrogen-bond donors (Lipinski definition) is 1. The van der Waals surface area contributed by atoms with Crippen LogP contribution in [0.25, 0.3) is 10.9 Å². The van der Waals surface area contributed by atoms with Gasteiger partial charge in [-0.3, -0.25) is 9.50 Å². The van der Waals surface area contributed by atoms with Crippen LogP contribution in [0.3, 0.4) is 0 Å². The van der Waals surface area contributed by atoms with Gasteiger partial charge in [0.1, 0.15) is 24.9 Å². The number of anilines is 2. The molecule has 2 heterocycles. The first-order valence-corrected chi connectivity index (χ1v) is 13.4. The fourth-order valence-corrected chi connectivity index (χ4v) is 4.19. The van der Waals surface area contributed by atoms with Crippen LogP contribution in [0.15, 0.2) is 48.8 Å². The van der Waals surface area contributed by atoms with E-state index in [1.165, 1.54) is 11.9 Å². The zero-order valence-corrected chi connectivity index (χ0v) is 21.2. The molecule has 1 aliphatic heterocycles. The van der Waals surface area contributed by atoms with Crippen molar-refractivity contribution in [2.45, 2.75) is 32.3 Å². The summed E-state index contributed by atoms with van der Waals surface area (Å²) >= 11 is 0. The van der Waals surface area contributed by atoms with E-state index >= 15 is 0 Å². The number of nitrogens with zero attached hydrogens (tertiary/aromatic N) is 3. The van der Waals surface area contributed by atoms with Crippen molar-refractivity contribution in [3.63, 3.8) is 0 Å². The third kappa shape index (κ3) is 6.71. The smallest absolute Gasteiger partial charge is 0.411 e. The van der Waals surface area contributed by atoms with E-state index in [1.54, 1.807) is 6.07 Å². The summed E-state index contributed by atoms with van der Waals surface area (Å²) in [7, 11) is -3.54. The van der Waals surface area contributed by atoms with Crippen LogP contribution in [-0.2, 0) is 19.0 Å². The van der Waals surface area contributed by atoms with Crippen LogP contribution in [-0.4, -0.2) is 56.5 Å². The summed E-state index contributed by atoms with van der Waals surface area (Å²) in [6, 6.07) is 13.2. The molecule has 9 nitrogen and oxygen atoms in total. The van der Waals surface area contributed by atoms with Crippen molar-refractivity contribution < 1.29 is 22.1 Å². The molecule has 3 aromatic rings. The predicted molar refractivity (Wildman–Crippen MR) is 138 cm³/mol. The molecule has 4 rings (SSSR count). The lowest BCUT2D eigenvalue weighted by atomic mass is 10.0. The minimum Gasteiger partial charge on any atom is -0.444 e. The average molecular weight is 509 g/mol. The Morgan fingerprint density at radius 1 is 1.19 bits per heavy atom. The zero-order valence-electron chi connectivity index (χ0n) is 20.4. The largest absolute Gasteiger partial charge is 0.444 e. The monoisotopic (exact) mass is 508 g/mol. The third-order valence-electron chi connectivity index (χ3n) is 5.73. The van der Waals surface area contributed by atoms with Crippen molar-refractivity contribution in [3.05, 3.63) is 59.9 Å². The fourth-order valence-electron chi connectivity index (χ4n) is 3.91. The van der Waals surface area contributed by atoms with E-state index in [4.69, 9.17) is 4.74 Å². The van der Waals surface area contributed by atoms with Gasteiger partial charge in [-0.1, -0.05) is 37.8 Å². The number of ether oxygens (including phenoxy) is 1. The molecule has 10 heteroatoms. The zero-order chi connectivity index (χ0) is 25.7. The second kappa shape index (κ2) is 10.9. The molecule has 0 spiro atoms. The molecular formula is C26H28N4O5S. The van der Waals surface area contributed by atoms with Gasteiger partial charge in [-0.25, -0.2) is 14.8 Å². The van der Waals surface area contributed by atoms with Crippen molar-refractivity contribution in [3.8, 4) is 11.8 Å². The minimum absolute atomic E-state index is 0.218. The van der Waals surface area contributed by atoms with Crippen molar-refractivity contribution in [1.29, 1.82) is 0 Å². The lowest BCUT2D eigenvalue weighted by Crippen LogP contribution is -2.27. The molecule has 36 heavy (non-hydrogen) atoms. The van der Waals surface area contributed by atoms with Gasteiger partial charge in [-0.15, -0.1) is 0 Å². The summed E-state index contributed by atoms with van der Waals surface area (Å²) in [5, 5.41) is 3.60. The van der Waals surface area contributed by atoms with Gasteiger partial charge in [0.15, 0.2) is 0 Å². The molecule has 1 amide bonds. The SMILES string of the molecule is CC(C)c1ccc(NC(=O)OC2CCN(c3ncnc4ccc(C#CCOS(C)(=O)=O)cc34)C2)cc1. The van der Waals surface area contributed by atoms with Gasteiger partial charge in [0.05, 0.1) is 18.3 Å². The Morgan fingerprint density at radius 3 is 2.69 bits per heavy atom. The third-order valence-corrected chi connectivity index (χ3v) is 6.28. The highest BCUT2D eigenvalue weighted by molar-refractivity contribution is 7.86. The van der Waals surface area contributed by atoms with Gasteiger partial charge in [0.2, 0.25) is 0 Å². The van der Waals surface area contributed by atoms with Crippen LogP contribution in [0.5, 0.6) is 0 Å². The predicted octanol–water partition coefficient (Wildman–Crippen LogP) is 3.91. The molecule has 188 valence electrons. The molecule has 1 aromatic heterocycles. The Labute approximate surface area is 211 Å². The van der Waals surface area contributed by atoms with Crippen molar-refractivity contribution in [1.82, 2.24) is 9.97 Å². The molecule has 0 bridgehead atoms. The minimum atomic E-state index is -3.54. The Balaban J connectivity index is 1.40. The summed E-state index contributed by atoms with van der Waals surface area (Å²) in [5.41, 5.74) is 3.33. The lowest BCUT2D eigenvalue weighted by Gasteiger charge is -2.19. The van der Waals surface area contributed by atoms with Crippen LogP contribution in [0.1, 0.15) is 37.3 Å². The van der Waals surface area contributed by atoms with E-state index in [2.05, 4.69) is 50.1 Å². The summed E-state index contributed by atoms with van der Waals surface area (Å²) in [6.45, 7) is 5.20. The number of aromatic nitrogens is 2. The van der Waals surface area contributed by atoms with Gasteiger partial charge in [-0.05, 0) is 41.8 Å². The molecule has 0 radical (unpaired) electrons. The van der Waals surface area contributed by atoms with Gasteiger partial charge in [-0.2, -0.15) is 8.42 Å². The standard InChI is InChI=1S/C26H28N4O5S/c1-18(2)20-7-9-21(10-8-20)29-26(31)35-22-12-13-30(16-22)25-23-15-19(5-4-14-34-36(3,32)33)6-11-24(23)27-17-28-25/h6-11,15,17-18,22H,12-14,16H2,1-3H3,(H,29,31). The summed E-state index contributed by atoms with van der Waals surface area (Å²) in [5.74, 6) is 6.75. The fraction of sp³-hybridized carbons (Fsp3) is 0.346. The second-order valence-electron chi connectivity index (χ2n) is 8.86. The number of rotatable bonds is 6. The van der Waals surface area contributed by atoms with Gasteiger partial charge in [0, 0.05) is 29.6 Å². The molecule has 0 saturated carbocycles. The maximum absolute atomic E-state index is 12.4. The molecule has 0 aliphatic carbocycles. The Morgan fingerprint density at radius 2 is 1.97 bits per heavy atom. The quantitative estimate of drug-likeness (QED) is 0.394. The number of fused-ring (bicyclic) bond motifs is 1. The maximum atomic E-state index is 12.4. The molecule has 1 N–H and O–H groups in total. The van der Waals surface area contributed by atoms with E-state index in [1.807, 2.05) is 36.4 Å². The summed E-state index contributed by atoms with van der Waals surface area (Å²) < 4.78 is 32.5. The Hall–Kier alpha value is -3.68. The second-order valence-corrected chi connectivity index (χ2v) is 10.5. The van der Waals surface area contributed by atoms with Crippen LogP contribution < -0.4 is 10.2 Å². The molecule has 1 atom stereocenters. The van der Waals surface area contributed by atoms with E-state index in [0.29, 0.717) is 36.7 Å². The van der Waals surface area contributed by atoms with Gasteiger partial charge in [0.25, 0.3) is 10.1 Å². The molecule has 1 unspecified atom stereocenters. The van der Waals surface area contributed by atoms with Crippen molar-refractivity contribution in [2.75, 3.05) is 36.2 Å². The number of nitrogens with one attached hydrogen (secondary N) is 1. The first kappa shape index (κ1) is 25.4. The molecule has 1 fully saturated rings. The molecule has 1 saturated heterocycles. The Bertz CT molecular complexity index is 1410. The van der Waals surface area contributed by atoms with Gasteiger partial charge >= 0.3 is 6.09 Å². The molecule has 2 aromatic carbocycles. The lowest BCUT2D eigenvalue weighted by molar-refractivity contribution is 0.122. The van der Waals surface area contributed by atoms with Crippen LogP contribution in [0.2, 0.25) is 0 Å². The highest BCUT2D eigenvalue weighted by Crippen LogP contribution is 2.28. The Kier molecular flexibility index (Phi) is 7.72. The number of benzene rings is 2. The van der Waals surface area contributed by atoms with E-state index in [9.17, 15) is 13.2 Å². The van der Waals surface area contributed by atoms with E-state index < -0.39 is 16.2 Å². The molecular weight excluding hydrogens is 480 g/mol. The number of carbonyl (C=O) groups is 1. The van der Waals surface area contributed by atoms with Crippen molar-refractivity contribution in [2.24, 2.45) is 0 Å². The van der Waals surface area contributed by atoms with Crippen molar-refractivity contribution >= 4 is 38.6 Å².